The number of amides is 2. The van der Waals surface area contributed by atoms with Crippen LogP contribution in [-0.2, 0) is 28.6 Å². The number of ketones is 1. The predicted octanol–water partition coefficient (Wildman–Crippen LogP) is 8.59. The number of methoxy groups -OCH3 is 1. The number of hydrogen-bond donors (Lipinski definition) is 5. The van der Waals surface area contributed by atoms with Crippen LogP contribution >= 0.6 is 11.6 Å². The first kappa shape index (κ1) is 53.5. The summed E-state index contributed by atoms with van der Waals surface area (Å²) in [4.78, 5) is 78.1. The number of piperidine rings is 1. The van der Waals surface area contributed by atoms with E-state index in [1.54, 1.807) is 87.2 Å². The fraction of sp³-hybridized carbons (Fsp3) is 0.429. The molecule has 0 spiro atoms. The van der Waals surface area contributed by atoms with Gasteiger partial charge in [-0.2, -0.15) is 0 Å². The van der Waals surface area contributed by atoms with Crippen molar-refractivity contribution < 1.29 is 57.9 Å². The largest absolute Gasteiger partial charge is 0.507 e. The molecule has 0 aromatic heterocycles. The lowest BCUT2D eigenvalue weighted by Crippen LogP contribution is -2.48. The van der Waals surface area contributed by atoms with E-state index in [2.05, 4.69) is 10.6 Å². The van der Waals surface area contributed by atoms with Gasteiger partial charge in [-0.1, -0.05) is 69.7 Å². The van der Waals surface area contributed by atoms with Crippen molar-refractivity contribution in [1.82, 2.24) is 9.88 Å². The molecule has 74 heavy (non-hydrogen) atoms. The van der Waals surface area contributed by atoms with E-state index in [1.165, 1.54) is 40.9 Å². The molecular weight excluding hydrogens is 972 g/mol. The zero-order chi connectivity index (χ0) is 53.7. The van der Waals surface area contributed by atoms with Crippen LogP contribution in [0.1, 0.15) is 82.8 Å². The number of aromatic nitrogens is 1. The number of benzene rings is 4. The molecular formula is C56H63ClN4O13. The quantitative estimate of drug-likeness (QED) is 0.0630. The van der Waals surface area contributed by atoms with E-state index in [4.69, 9.17) is 39.9 Å². The number of phenolic OH excluding ortho intramolecular Hbond substituents is 1. The lowest BCUT2D eigenvalue weighted by atomic mass is 9.78. The summed E-state index contributed by atoms with van der Waals surface area (Å²) in [6.45, 7) is 14.9. The van der Waals surface area contributed by atoms with Gasteiger partial charge in [0, 0.05) is 91.0 Å². The second kappa shape index (κ2) is 21.2. The Morgan fingerprint density at radius 3 is 2.36 bits per heavy atom. The van der Waals surface area contributed by atoms with Crippen LogP contribution in [0.4, 0.5) is 11.4 Å². The van der Waals surface area contributed by atoms with Crippen LogP contribution < -0.4 is 20.8 Å². The molecule has 3 aromatic carbocycles. The Hall–Kier alpha value is -6.79. The van der Waals surface area contributed by atoms with Crippen molar-refractivity contribution in [2.45, 2.75) is 105 Å². The monoisotopic (exact) mass is 1030 g/mol. The van der Waals surface area contributed by atoms with Gasteiger partial charge in [0.05, 0.1) is 35.2 Å². The Morgan fingerprint density at radius 1 is 0.959 bits per heavy atom. The first-order valence-electron chi connectivity index (χ1n) is 24.8. The minimum atomic E-state index is -2.23. The molecule has 17 nitrogen and oxygen atoms in total. The number of ether oxygens (including phenoxy) is 4. The number of Topliss-reactive ketones (excluding diaryl/α,β-unsaturated/α-hetero) is 1. The highest BCUT2D eigenvalue weighted by Gasteiger charge is 2.52. The summed E-state index contributed by atoms with van der Waals surface area (Å²) in [7, 11) is 1.45. The number of rotatable bonds is 5. The van der Waals surface area contributed by atoms with Gasteiger partial charge < -0.3 is 54.2 Å². The molecule has 10 atom stereocenters. The third kappa shape index (κ3) is 10.1. The van der Waals surface area contributed by atoms with Crippen LogP contribution in [0.3, 0.4) is 0 Å². The molecule has 392 valence electrons. The lowest BCUT2D eigenvalue weighted by Gasteiger charge is -2.39. The summed E-state index contributed by atoms with van der Waals surface area (Å²) in [5, 5.41) is 41.4. The van der Waals surface area contributed by atoms with Crippen molar-refractivity contribution in [2.24, 2.45) is 29.6 Å². The van der Waals surface area contributed by atoms with Crippen LogP contribution in [0.5, 0.6) is 11.5 Å². The highest BCUT2D eigenvalue weighted by atomic mass is 35.5. The van der Waals surface area contributed by atoms with Gasteiger partial charge in [0.2, 0.25) is 11.3 Å². The number of hydrogen-bond acceptors (Lipinski definition) is 15. The molecule has 0 saturated carbocycles. The van der Waals surface area contributed by atoms with Crippen LogP contribution in [0, 0.1) is 43.4 Å². The van der Waals surface area contributed by atoms with Gasteiger partial charge in [0.15, 0.2) is 17.2 Å². The Morgan fingerprint density at radius 2 is 1.68 bits per heavy atom. The van der Waals surface area contributed by atoms with Crippen LogP contribution in [-0.4, -0.2) is 99.2 Å². The highest BCUT2D eigenvalue weighted by Crippen LogP contribution is 2.51. The molecule has 3 aromatic rings. The van der Waals surface area contributed by atoms with E-state index in [0.29, 0.717) is 41.2 Å². The van der Waals surface area contributed by atoms with E-state index in [9.17, 15) is 34.5 Å². The third-order valence-corrected chi connectivity index (χ3v) is 15.1. The number of para-hydroxylation sites is 1. The number of anilines is 2. The molecule has 4 bridgehead atoms. The Kier molecular flexibility index (Phi) is 15.3. The number of carbonyl (C=O) groups is 4. The van der Waals surface area contributed by atoms with Crippen molar-refractivity contribution in [3.05, 3.63) is 110 Å². The predicted molar refractivity (Wildman–Crippen MR) is 279 cm³/mol. The second-order valence-corrected chi connectivity index (χ2v) is 20.5. The van der Waals surface area contributed by atoms with E-state index in [1.807, 2.05) is 13.0 Å². The highest BCUT2D eigenvalue weighted by molar-refractivity contribution is 6.30. The van der Waals surface area contributed by atoms with Gasteiger partial charge >= 0.3 is 11.8 Å². The van der Waals surface area contributed by atoms with Gasteiger partial charge in [-0.05, 0) is 69.5 Å². The molecule has 5 aliphatic rings. The summed E-state index contributed by atoms with van der Waals surface area (Å²) in [6.07, 6.45) is 3.07. The molecule has 18 heteroatoms. The second-order valence-electron chi connectivity index (χ2n) is 20.1. The van der Waals surface area contributed by atoms with Gasteiger partial charge in [0.25, 0.3) is 11.7 Å². The van der Waals surface area contributed by atoms with Gasteiger partial charge in [0.1, 0.15) is 34.5 Å². The van der Waals surface area contributed by atoms with Crippen molar-refractivity contribution in [2.75, 3.05) is 30.8 Å². The molecule has 2 amide bonds. The number of fused-ring (bicyclic) bond motifs is 2. The van der Waals surface area contributed by atoms with Crippen LogP contribution in [0.2, 0.25) is 5.02 Å². The average molecular weight is 1040 g/mol. The first-order valence-corrected chi connectivity index (χ1v) is 25.2. The number of phenols is 1. The number of carbonyl (C=O) groups excluding carboxylic acids is 4. The summed E-state index contributed by atoms with van der Waals surface area (Å²) < 4.78 is 32.0. The summed E-state index contributed by atoms with van der Waals surface area (Å²) in [5.74, 6) is -8.76. The Bertz CT molecular complexity index is 3170. The van der Waals surface area contributed by atoms with Crippen LogP contribution in [0.25, 0.3) is 33.3 Å². The SMILES string of the molecule is COC1C=C(N2CCCC(C(=O)Nc3ccc(Cl)cc3)C2)OC2(C)Oc3c(C)c(O)c4c(=O)c(c5oc6cccc(C)c6nc-5c4c3C2=O)NC(=O)C(C)=CC=CC(C)C(O)C(C)C(O)C(C)C(OC(C)=O)C1C. The number of likely N-dealkylation sites (tertiary alicyclic amines) is 1. The van der Waals surface area contributed by atoms with E-state index in [0.717, 1.165) is 0 Å². The van der Waals surface area contributed by atoms with Crippen molar-refractivity contribution in [3.8, 4) is 23.0 Å². The molecule has 4 aliphatic heterocycles. The molecule has 1 aliphatic carbocycles. The van der Waals surface area contributed by atoms with Crippen molar-refractivity contribution in [3.63, 3.8) is 0 Å². The zero-order valence-electron chi connectivity index (χ0n) is 43.1. The van der Waals surface area contributed by atoms with E-state index >= 15 is 4.79 Å². The van der Waals surface area contributed by atoms with Gasteiger partial charge in [-0.25, -0.2) is 4.98 Å². The smallest absolute Gasteiger partial charge is 0.314 e. The number of aryl methyl sites for hydroxylation is 1. The lowest BCUT2D eigenvalue weighted by molar-refractivity contribution is -0.160. The van der Waals surface area contributed by atoms with E-state index in [-0.39, 0.29) is 74.3 Å². The molecule has 0 radical (unpaired) electrons. The molecule has 8 rings (SSSR count). The number of nitrogens with one attached hydrogen (secondary N) is 2. The number of allylic oxidation sites excluding steroid dienone is 2. The fourth-order valence-electron chi connectivity index (χ4n) is 10.4. The normalized spacial score (nSPS) is 27.1. The zero-order valence-corrected chi connectivity index (χ0v) is 43.8. The first-order chi connectivity index (χ1) is 35.0. The van der Waals surface area contributed by atoms with Gasteiger partial charge in [-0.15, -0.1) is 0 Å². The van der Waals surface area contributed by atoms with Crippen molar-refractivity contribution in [1.29, 1.82) is 0 Å². The Labute approximate surface area is 433 Å². The molecule has 1 fully saturated rings. The third-order valence-electron chi connectivity index (χ3n) is 14.8. The van der Waals surface area contributed by atoms with Crippen molar-refractivity contribution >= 4 is 68.4 Å². The average Bonchev–Trinajstić information content (AvgIpc) is 3.64. The number of aromatic hydroxyl groups is 1. The minimum absolute atomic E-state index is 0.0238. The topological polar surface area (TPSA) is 236 Å². The standard InChI is InChI=1S/C56H63ClN4O13/c1-26-14-12-18-37-43(26)59-44-40-41-48(65)32(7)51-42(40)53(67)56(9,74-51)73-39(61-23-13-17-34(25-61)55(69)58-36-21-19-35(57)20-22-36)24-38(70-10)29(4)50(71-33(8)62)31(6)47(64)30(5)46(63)27(2)15-11-16-28(3)54(68)60-45(49(41)66)52(44)72-37/h11-12,14-16,18-22,24,27,29-31,34,38,46-47,50,63-65H,13,17,23,25H2,1-10H3,(H,58,69)(H,60,68). The van der Waals surface area contributed by atoms with Crippen LogP contribution in [0.15, 0.2) is 87.4 Å². The molecule has 1 saturated heterocycles. The molecule has 10 unspecified atom stereocenters. The molecule has 5 N–H and O–H groups in total. The number of nitrogens with zero attached hydrogens (tertiary/aromatic N) is 2. The maximum atomic E-state index is 15.5. The minimum Gasteiger partial charge on any atom is -0.507 e. The fourth-order valence-corrected chi connectivity index (χ4v) is 10.5. The summed E-state index contributed by atoms with van der Waals surface area (Å²) in [6, 6.07) is 11.9. The molecule has 4 heterocycles. The number of aliphatic hydroxyl groups excluding tert-OH is 2. The summed E-state index contributed by atoms with van der Waals surface area (Å²) >= 11 is 6.12. The number of halogens is 1. The maximum Gasteiger partial charge on any atom is 0.314 e. The maximum absolute atomic E-state index is 15.5. The number of aliphatic hydroxyl groups is 2. The Balaban J connectivity index is 1.34. The van der Waals surface area contributed by atoms with E-state index < -0.39 is 88.6 Å². The number of esters is 1. The van der Waals surface area contributed by atoms with Gasteiger partial charge in [-0.3, -0.25) is 24.0 Å². The summed E-state index contributed by atoms with van der Waals surface area (Å²) in [5.41, 5.74) is 0.705.